The van der Waals surface area contributed by atoms with E-state index in [1.165, 1.54) is 25.3 Å². The van der Waals surface area contributed by atoms with E-state index in [4.69, 9.17) is 4.74 Å². The third-order valence-corrected chi connectivity index (χ3v) is 4.27. The van der Waals surface area contributed by atoms with Crippen LogP contribution in [0.2, 0.25) is 0 Å². The molecule has 3 nitrogen and oxygen atoms in total. The zero-order valence-electron chi connectivity index (χ0n) is 12.2. The van der Waals surface area contributed by atoms with Gasteiger partial charge in [-0.2, -0.15) is 0 Å². The summed E-state index contributed by atoms with van der Waals surface area (Å²) in [5, 5.41) is 0. The number of carbonyl (C=O) groups is 1. The standard InChI is InChI=1S/C16H12F3IO3/c1-9-13(15(21)22-2)7-11(8-14(9)20)10-4-3-5-12(6-10)23-16(17,18)19/h3-8H,1-2H3. The summed E-state index contributed by atoms with van der Waals surface area (Å²) in [6, 6.07) is 8.98. The summed E-state index contributed by atoms with van der Waals surface area (Å²) in [7, 11) is 1.28. The van der Waals surface area contributed by atoms with E-state index in [0.29, 0.717) is 16.7 Å². The highest BCUT2D eigenvalue weighted by Gasteiger charge is 2.31. The van der Waals surface area contributed by atoms with Gasteiger partial charge >= 0.3 is 12.3 Å². The van der Waals surface area contributed by atoms with Crippen LogP contribution in [0.15, 0.2) is 36.4 Å². The van der Waals surface area contributed by atoms with Gasteiger partial charge in [-0.25, -0.2) is 4.79 Å². The van der Waals surface area contributed by atoms with E-state index in [9.17, 15) is 18.0 Å². The first kappa shape index (κ1) is 17.6. The Morgan fingerprint density at radius 2 is 1.83 bits per heavy atom. The number of benzene rings is 2. The number of esters is 1. The van der Waals surface area contributed by atoms with Gasteiger partial charge in [0.15, 0.2) is 0 Å². The average molecular weight is 436 g/mol. The minimum absolute atomic E-state index is 0.315. The van der Waals surface area contributed by atoms with Crippen molar-refractivity contribution in [3.8, 4) is 16.9 Å². The maximum absolute atomic E-state index is 12.3. The molecule has 0 atom stereocenters. The fourth-order valence-corrected chi connectivity index (χ4v) is 2.67. The molecule has 7 heteroatoms. The second kappa shape index (κ2) is 6.77. The van der Waals surface area contributed by atoms with Crippen LogP contribution in [0.3, 0.4) is 0 Å². The average Bonchev–Trinajstić information content (AvgIpc) is 2.47. The molecule has 2 rings (SSSR count). The molecule has 0 spiro atoms. The van der Waals surface area contributed by atoms with Crippen LogP contribution in [0.5, 0.6) is 5.75 Å². The van der Waals surface area contributed by atoms with Crippen LogP contribution in [0, 0.1) is 10.5 Å². The Labute approximate surface area is 144 Å². The van der Waals surface area contributed by atoms with Crippen molar-refractivity contribution >= 4 is 28.6 Å². The third kappa shape index (κ3) is 4.37. The normalized spacial score (nSPS) is 11.2. The first-order chi connectivity index (χ1) is 10.7. The van der Waals surface area contributed by atoms with Gasteiger partial charge in [0.2, 0.25) is 0 Å². The molecule has 0 heterocycles. The zero-order chi connectivity index (χ0) is 17.2. The number of ether oxygens (including phenoxy) is 2. The van der Waals surface area contributed by atoms with Crippen LogP contribution >= 0.6 is 22.6 Å². The Hall–Kier alpha value is -1.77. The Bertz CT molecular complexity index is 742. The second-order valence-corrected chi connectivity index (χ2v) is 5.86. The van der Waals surface area contributed by atoms with E-state index in [2.05, 4.69) is 27.3 Å². The molecule has 0 unspecified atom stereocenters. The molecule has 2 aromatic rings. The van der Waals surface area contributed by atoms with E-state index in [0.717, 1.165) is 9.13 Å². The summed E-state index contributed by atoms with van der Waals surface area (Å²) in [5.74, 6) is -0.810. The summed E-state index contributed by atoms with van der Waals surface area (Å²) in [4.78, 5) is 11.8. The van der Waals surface area contributed by atoms with Crippen LogP contribution in [0.4, 0.5) is 13.2 Å². The number of halogens is 4. The van der Waals surface area contributed by atoms with E-state index < -0.39 is 12.3 Å². The molecule has 2 aromatic carbocycles. The van der Waals surface area contributed by atoms with Gasteiger partial charge in [-0.15, -0.1) is 13.2 Å². The number of carbonyl (C=O) groups excluding carboxylic acids is 1. The molecule has 0 aliphatic heterocycles. The van der Waals surface area contributed by atoms with Crippen LogP contribution in [-0.2, 0) is 4.74 Å². The Morgan fingerprint density at radius 1 is 1.13 bits per heavy atom. The summed E-state index contributed by atoms with van der Waals surface area (Å²) < 4.78 is 46.4. The molecule has 0 fully saturated rings. The summed E-state index contributed by atoms with van der Waals surface area (Å²) >= 11 is 2.06. The number of alkyl halides is 3. The molecule has 0 aliphatic rings. The molecule has 0 bridgehead atoms. The van der Waals surface area contributed by atoms with Crippen molar-refractivity contribution < 1.29 is 27.4 Å². The fourth-order valence-electron chi connectivity index (χ4n) is 2.04. The molecule has 0 saturated carbocycles. The van der Waals surface area contributed by atoms with Crippen LogP contribution in [0.25, 0.3) is 11.1 Å². The molecule has 23 heavy (non-hydrogen) atoms. The zero-order valence-corrected chi connectivity index (χ0v) is 14.4. The van der Waals surface area contributed by atoms with Gasteiger partial charge in [0, 0.05) is 3.57 Å². The number of rotatable bonds is 3. The monoisotopic (exact) mass is 436 g/mol. The number of hydrogen-bond donors (Lipinski definition) is 0. The summed E-state index contributed by atoms with van der Waals surface area (Å²) in [5.41, 5.74) is 2.24. The van der Waals surface area contributed by atoms with Crippen molar-refractivity contribution in [3.05, 3.63) is 51.1 Å². The quantitative estimate of drug-likeness (QED) is 0.505. The third-order valence-electron chi connectivity index (χ3n) is 3.15. The van der Waals surface area contributed by atoms with Crippen molar-refractivity contribution in [3.63, 3.8) is 0 Å². The molecule has 0 radical (unpaired) electrons. The molecular formula is C16H12F3IO3. The largest absolute Gasteiger partial charge is 0.573 e. The fraction of sp³-hybridized carbons (Fsp3) is 0.188. The van der Waals surface area contributed by atoms with Gasteiger partial charge in [0.25, 0.3) is 0 Å². The minimum atomic E-state index is -4.75. The maximum atomic E-state index is 12.3. The molecular weight excluding hydrogens is 424 g/mol. The highest BCUT2D eigenvalue weighted by molar-refractivity contribution is 14.1. The predicted octanol–water partition coefficient (Wildman–Crippen LogP) is 4.95. The number of methoxy groups -OCH3 is 1. The lowest BCUT2D eigenvalue weighted by Crippen LogP contribution is -2.17. The van der Waals surface area contributed by atoms with Crippen LogP contribution in [-0.4, -0.2) is 19.4 Å². The molecule has 0 aromatic heterocycles. The summed E-state index contributed by atoms with van der Waals surface area (Å²) in [6.45, 7) is 1.78. The topological polar surface area (TPSA) is 35.5 Å². The van der Waals surface area contributed by atoms with Crippen LogP contribution < -0.4 is 4.74 Å². The van der Waals surface area contributed by atoms with Gasteiger partial charge in [-0.05, 0) is 70.5 Å². The van der Waals surface area contributed by atoms with Gasteiger partial charge in [-0.3, -0.25) is 0 Å². The highest BCUT2D eigenvalue weighted by atomic mass is 127. The first-order valence-corrected chi connectivity index (χ1v) is 7.54. The van der Waals surface area contributed by atoms with E-state index >= 15 is 0 Å². The maximum Gasteiger partial charge on any atom is 0.573 e. The SMILES string of the molecule is COC(=O)c1cc(-c2cccc(OC(F)(F)F)c2)cc(I)c1C. The van der Waals surface area contributed by atoms with Crippen molar-refractivity contribution in [2.24, 2.45) is 0 Å². The van der Waals surface area contributed by atoms with Gasteiger partial charge in [-0.1, -0.05) is 12.1 Å². The lowest BCUT2D eigenvalue weighted by molar-refractivity contribution is -0.274. The van der Waals surface area contributed by atoms with Crippen molar-refractivity contribution in [1.29, 1.82) is 0 Å². The van der Waals surface area contributed by atoms with Crippen molar-refractivity contribution in [2.75, 3.05) is 7.11 Å². The second-order valence-electron chi connectivity index (χ2n) is 4.70. The molecule has 0 amide bonds. The van der Waals surface area contributed by atoms with Crippen LogP contribution in [0.1, 0.15) is 15.9 Å². The lowest BCUT2D eigenvalue weighted by atomic mass is 9.99. The molecule has 122 valence electrons. The highest BCUT2D eigenvalue weighted by Crippen LogP contribution is 2.31. The molecule has 0 saturated heterocycles. The van der Waals surface area contributed by atoms with E-state index in [1.54, 1.807) is 25.1 Å². The smallest absolute Gasteiger partial charge is 0.465 e. The van der Waals surface area contributed by atoms with Crippen molar-refractivity contribution in [2.45, 2.75) is 13.3 Å². The van der Waals surface area contributed by atoms with Gasteiger partial charge in [0.1, 0.15) is 5.75 Å². The van der Waals surface area contributed by atoms with E-state index in [1.807, 2.05) is 0 Å². The van der Waals surface area contributed by atoms with Gasteiger partial charge < -0.3 is 9.47 Å². The Balaban J connectivity index is 2.48. The lowest BCUT2D eigenvalue weighted by Gasteiger charge is -2.12. The van der Waals surface area contributed by atoms with Crippen molar-refractivity contribution in [1.82, 2.24) is 0 Å². The summed E-state index contributed by atoms with van der Waals surface area (Å²) in [6.07, 6.45) is -4.75. The van der Waals surface area contributed by atoms with E-state index in [-0.39, 0.29) is 5.75 Å². The number of hydrogen-bond acceptors (Lipinski definition) is 3. The molecule has 0 aliphatic carbocycles. The molecule has 0 N–H and O–H groups in total. The van der Waals surface area contributed by atoms with Gasteiger partial charge in [0.05, 0.1) is 12.7 Å². The Morgan fingerprint density at radius 3 is 2.43 bits per heavy atom. The Kier molecular flexibility index (Phi) is 5.18. The first-order valence-electron chi connectivity index (χ1n) is 6.46. The minimum Gasteiger partial charge on any atom is -0.465 e. The predicted molar refractivity (Wildman–Crippen MR) is 87.4 cm³/mol.